The minimum absolute atomic E-state index is 0.829. The van der Waals surface area contributed by atoms with Crippen molar-refractivity contribution in [1.82, 2.24) is 9.38 Å². The van der Waals surface area contributed by atoms with E-state index in [1.807, 2.05) is 36.7 Å². The quantitative estimate of drug-likeness (QED) is 0.249. The molecular weight excluding hydrogens is 384 g/mol. The highest BCUT2D eigenvalue weighted by Gasteiger charge is 2.18. The van der Waals surface area contributed by atoms with Crippen LogP contribution < -0.4 is 0 Å². The fourth-order valence-electron chi connectivity index (χ4n) is 5.10. The minimum atomic E-state index is 0.829. The van der Waals surface area contributed by atoms with Crippen LogP contribution in [0.5, 0.6) is 0 Å². The Hall–Kier alpha value is -4.31. The molecule has 144 valence electrons. The number of hydrogen-bond donors (Lipinski definition) is 0. The molecule has 4 nitrogen and oxygen atoms in total. The van der Waals surface area contributed by atoms with E-state index in [1.54, 1.807) is 0 Å². The molecule has 4 heteroatoms. The normalized spacial score (nSPS) is 12.5. The third-order valence-electron chi connectivity index (χ3n) is 6.45. The Labute approximate surface area is 174 Å². The van der Waals surface area contributed by atoms with Crippen LogP contribution in [0.1, 0.15) is 0 Å². The first-order valence-electron chi connectivity index (χ1n) is 10.3. The van der Waals surface area contributed by atoms with Crippen LogP contribution in [0, 0.1) is 0 Å². The van der Waals surface area contributed by atoms with Gasteiger partial charge in [-0.15, -0.1) is 0 Å². The third kappa shape index (κ3) is 1.83. The molecule has 0 radical (unpaired) electrons. The largest absolute Gasteiger partial charge is 0.456 e. The lowest BCUT2D eigenvalue weighted by atomic mass is 10.0. The van der Waals surface area contributed by atoms with Gasteiger partial charge in [0.05, 0.1) is 5.52 Å². The maximum atomic E-state index is 6.49. The van der Waals surface area contributed by atoms with Crippen molar-refractivity contribution in [2.24, 2.45) is 0 Å². The Morgan fingerprint density at radius 1 is 0.581 bits per heavy atom. The van der Waals surface area contributed by atoms with Crippen LogP contribution in [0.3, 0.4) is 0 Å². The molecule has 0 bridgehead atoms. The third-order valence-corrected chi connectivity index (χ3v) is 6.45. The molecule has 8 aromatic rings. The minimum Gasteiger partial charge on any atom is -0.456 e. The van der Waals surface area contributed by atoms with Crippen LogP contribution in [0.25, 0.3) is 71.2 Å². The van der Waals surface area contributed by atoms with E-state index in [0.29, 0.717) is 0 Å². The molecule has 0 spiro atoms. The molecule has 4 heterocycles. The van der Waals surface area contributed by atoms with Crippen molar-refractivity contribution in [2.45, 2.75) is 0 Å². The highest BCUT2D eigenvalue weighted by molar-refractivity contribution is 6.23. The van der Waals surface area contributed by atoms with Gasteiger partial charge in [-0.1, -0.05) is 48.5 Å². The molecule has 0 saturated heterocycles. The summed E-state index contributed by atoms with van der Waals surface area (Å²) in [4.78, 5) is 4.63. The average Bonchev–Trinajstić information content (AvgIpc) is 3.52. The number of fused-ring (bicyclic) bond motifs is 13. The SMILES string of the molecule is c1ccc2c(c1)oc1cc3oc4c(ccc5c6ccccc6c6nccn6c54)c3cc12. The number of furan rings is 2. The van der Waals surface area contributed by atoms with Crippen LogP contribution >= 0.6 is 0 Å². The van der Waals surface area contributed by atoms with Gasteiger partial charge in [-0.25, -0.2) is 4.98 Å². The lowest BCUT2D eigenvalue weighted by Gasteiger charge is -2.08. The summed E-state index contributed by atoms with van der Waals surface area (Å²) < 4.78 is 14.7. The molecule has 0 unspecified atom stereocenters. The molecule has 0 amide bonds. The van der Waals surface area contributed by atoms with Crippen molar-refractivity contribution in [3.63, 3.8) is 0 Å². The summed E-state index contributed by atoms with van der Waals surface area (Å²) >= 11 is 0. The molecule has 4 aromatic carbocycles. The molecule has 0 aliphatic heterocycles. The molecule has 0 aliphatic rings. The molecule has 0 fully saturated rings. The second-order valence-corrected chi connectivity index (χ2v) is 8.05. The fraction of sp³-hybridized carbons (Fsp3) is 0. The first kappa shape index (κ1) is 15.5. The van der Waals surface area contributed by atoms with Gasteiger partial charge in [0.1, 0.15) is 22.4 Å². The molecule has 0 N–H and O–H groups in total. The van der Waals surface area contributed by atoms with Crippen LogP contribution in [0.2, 0.25) is 0 Å². The van der Waals surface area contributed by atoms with Gasteiger partial charge in [-0.05, 0) is 23.6 Å². The highest BCUT2D eigenvalue weighted by atomic mass is 16.3. The van der Waals surface area contributed by atoms with E-state index in [0.717, 1.165) is 65.8 Å². The molecule has 4 aromatic heterocycles. The van der Waals surface area contributed by atoms with Crippen molar-refractivity contribution in [1.29, 1.82) is 0 Å². The zero-order valence-corrected chi connectivity index (χ0v) is 16.3. The summed E-state index contributed by atoms with van der Waals surface area (Å²) in [5.74, 6) is 0. The van der Waals surface area contributed by atoms with Crippen molar-refractivity contribution in [3.8, 4) is 0 Å². The highest BCUT2D eigenvalue weighted by Crippen LogP contribution is 2.40. The van der Waals surface area contributed by atoms with Gasteiger partial charge >= 0.3 is 0 Å². The summed E-state index contributed by atoms with van der Waals surface area (Å²) in [6.45, 7) is 0. The Balaban J connectivity index is 1.62. The summed E-state index contributed by atoms with van der Waals surface area (Å²) in [5, 5.41) is 7.90. The maximum Gasteiger partial charge on any atom is 0.160 e. The van der Waals surface area contributed by atoms with Gasteiger partial charge in [-0.3, -0.25) is 4.40 Å². The molecular formula is C27H14N2O2. The standard InChI is InChI=1S/C27H14N2O2/c1-2-7-19-15(5-1)17-9-10-18-21-13-20-16-6-3-4-8-22(16)30-23(20)14-24(21)31-26(18)25(17)29-12-11-28-27(19)29/h1-14H. The summed E-state index contributed by atoms with van der Waals surface area (Å²) in [5.41, 5.74) is 5.42. The van der Waals surface area contributed by atoms with E-state index >= 15 is 0 Å². The van der Waals surface area contributed by atoms with E-state index in [-0.39, 0.29) is 0 Å². The number of aromatic nitrogens is 2. The van der Waals surface area contributed by atoms with Gasteiger partial charge < -0.3 is 8.83 Å². The van der Waals surface area contributed by atoms with Crippen molar-refractivity contribution >= 4 is 71.2 Å². The van der Waals surface area contributed by atoms with E-state index < -0.39 is 0 Å². The van der Waals surface area contributed by atoms with E-state index in [4.69, 9.17) is 8.83 Å². The van der Waals surface area contributed by atoms with Crippen LogP contribution in [-0.4, -0.2) is 9.38 Å². The van der Waals surface area contributed by atoms with Crippen LogP contribution in [0.15, 0.2) is 94.0 Å². The van der Waals surface area contributed by atoms with Crippen molar-refractivity contribution in [2.75, 3.05) is 0 Å². The number of pyridine rings is 1. The predicted molar refractivity (Wildman–Crippen MR) is 125 cm³/mol. The topological polar surface area (TPSA) is 43.6 Å². The summed E-state index contributed by atoms with van der Waals surface area (Å²) in [6.07, 6.45) is 3.86. The number of benzene rings is 4. The van der Waals surface area contributed by atoms with Crippen molar-refractivity contribution in [3.05, 3.63) is 85.2 Å². The predicted octanol–water partition coefficient (Wildman–Crippen LogP) is 7.44. The van der Waals surface area contributed by atoms with Gasteiger partial charge in [-0.2, -0.15) is 0 Å². The van der Waals surface area contributed by atoms with E-state index in [1.165, 1.54) is 5.39 Å². The molecule has 0 atom stereocenters. The first-order chi connectivity index (χ1) is 15.4. The van der Waals surface area contributed by atoms with Crippen molar-refractivity contribution < 1.29 is 8.83 Å². The number of hydrogen-bond acceptors (Lipinski definition) is 3. The maximum absolute atomic E-state index is 6.49. The molecule has 0 saturated carbocycles. The Kier molecular flexibility index (Phi) is 2.62. The summed E-state index contributed by atoms with van der Waals surface area (Å²) in [7, 11) is 0. The number of rotatable bonds is 0. The van der Waals surface area contributed by atoms with Crippen LogP contribution in [-0.2, 0) is 0 Å². The van der Waals surface area contributed by atoms with Gasteiger partial charge in [0.15, 0.2) is 5.58 Å². The fourth-order valence-corrected chi connectivity index (χ4v) is 5.10. The van der Waals surface area contributed by atoms with Gasteiger partial charge in [0.2, 0.25) is 0 Å². The molecule has 8 rings (SSSR count). The Bertz CT molecular complexity index is 2000. The smallest absolute Gasteiger partial charge is 0.160 e. The van der Waals surface area contributed by atoms with Crippen LogP contribution in [0.4, 0.5) is 0 Å². The Morgan fingerprint density at radius 3 is 2.26 bits per heavy atom. The first-order valence-corrected chi connectivity index (χ1v) is 10.3. The lowest BCUT2D eigenvalue weighted by molar-refractivity contribution is 0.657. The van der Waals surface area contributed by atoms with E-state index in [2.05, 4.69) is 57.9 Å². The van der Waals surface area contributed by atoms with Gasteiger partial charge in [0.25, 0.3) is 0 Å². The number of para-hydroxylation sites is 1. The molecule has 31 heavy (non-hydrogen) atoms. The zero-order valence-electron chi connectivity index (χ0n) is 16.3. The number of imidazole rings is 1. The molecule has 0 aliphatic carbocycles. The van der Waals surface area contributed by atoms with Gasteiger partial charge in [0, 0.05) is 50.8 Å². The lowest BCUT2D eigenvalue weighted by Crippen LogP contribution is -1.90. The second kappa shape index (κ2) is 5.24. The average molecular weight is 398 g/mol. The number of nitrogens with zero attached hydrogens (tertiary/aromatic N) is 2. The zero-order chi connectivity index (χ0) is 20.1. The second-order valence-electron chi connectivity index (χ2n) is 8.05. The Morgan fingerprint density at radius 2 is 1.32 bits per heavy atom. The monoisotopic (exact) mass is 398 g/mol. The van der Waals surface area contributed by atoms with E-state index in [9.17, 15) is 0 Å². The summed E-state index contributed by atoms with van der Waals surface area (Å²) in [6, 6.07) is 25.1.